The van der Waals surface area contributed by atoms with Crippen LogP contribution in [0.25, 0.3) is 22.8 Å². The molecule has 0 aliphatic rings. The van der Waals surface area contributed by atoms with Crippen LogP contribution in [0.15, 0.2) is 48.5 Å². The molecule has 3 rings (SSSR count). The highest BCUT2D eigenvalue weighted by Crippen LogP contribution is 2.22. The number of phenolic OH excluding ortho intramolecular Hbond substituents is 2. The summed E-state index contributed by atoms with van der Waals surface area (Å²) in [4.78, 5) is 4.38. The summed E-state index contributed by atoms with van der Waals surface area (Å²) in [6.07, 6.45) is 0. The molecule has 0 aliphatic carbocycles. The average molecular weight is 253 g/mol. The van der Waals surface area contributed by atoms with Gasteiger partial charge in [0, 0.05) is 11.1 Å². The van der Waals surface area contributed by atoms with Crippen LogP contribution in [-0.2, 0) is 0 Å². The van der Waals surface area contributed by atoms with Crippen molar-refractivity contribution in [2.75, 3.05) is 0 Å². The van der Waals surface area contributed by atoms with Crippen LogP contribution in [0.2, 0.25) is 0 Å². The Bertz CT molecular complexity index is 627. The Morgan fingerprint density at radius 3 is 1.84 bits per heavy atom. The maximum Gasteiger partial charge on any atom is 0.181 e. The zero-order valence-electron chi connectivity index (χ0n) is 9.91. The van der Waals surface area contributed by atoms with Crippen molar-refractivity contribution in [1.82, 2.24) is 15.2 Å². The van der Waals surface area contributed by atoms with Gasteiger partial charge < -0.3 is 10.2 Å². The van der Waals surface area contributed by atoms with Crippen molar-refractivity contribution >= 4 is 0 Å². The third kappa shape index (κ3) is 2.26. The number of aromatic hydroxyl groups is 2. The summed E-state index contributed by atoms with van der Waals surface area (Å²) in [7, 11) is 0. The Balaban J connectivity index is 1.95. The van der Waals surface area contributed by atoms with E-state index in [1.165, 1.54) is 0 Å². The number of aromatic amines is 1. The fourth-order valence-corrected chi connectivity index (χ4v) is 1.75. The first-order chi connectivity index (χ1) is 9.22. The minimum atomic E-state index is 0.207. The Morgan fingerprint density at radius 1 is 0.737 bits per heavy atom. The van der Waals surface area contributed by atoms with Crippen LogP contribution in [-0.4, -0.2) is 25.4 Å². The van der Waals surface area contributed by atoms with Gasteiger partial charge in [0.05, 0.1) is 0 Å². The molecule has 0 aliphatic heterocycles. The lowest BCUT2D eigenvalue weighted by molar-refractivity contribution is 0.475. The van der Waals surface area contributed by atoms with Crippen molar-refractivity contribution in [3.05, 3.63) is 48.5 Å². The molecule has 0 spiro atoms. The van der Waals surface area contributed by atoms with Crippen LogP contribution in [0.4, 0.5) is 0 Å². The highest BCUT2D eigenvalue weighted by Gasteiger charge is 2.07. The lowest BCUT2D eigenvalue weighted by Crippen LogP contribution is -1.81. The second-order valence-corrected chi connectivity index (χ2v) is 4.10. The van der Waals surface area contributed by atoms with E-state index in [4.69, 9.17) is 0 Å². The molecule has 1 heterocycles. The molecule has 0 amide bonds. The minimum Gasteiger partial charge on any atom is -0.508 e. The first kappa shape index (κ1) is 11.3. The van der Waals surface area contributed by atoms with Gasteiger partial charge in [-0.05, 0) is 48.5 Å². The van der Waals surface area contributed by atoms with Crippen LogP contribution in [0.5, 0.6) is 11.5 Å². The number of aromatic nitrogens is 3. The highest BCUT2D eigenvalue weighted by molar-refractivity contribution is 5.62. The number of H-pyrrole nitrogens is 1. The number of nitrogens with one attached hydrogen (secondary N) is 1. The summed E-state index contributed by atoms with van der Waals surface area (Å²) in [5.41, 5.74) is 1.66. The van der Waals surface area contributed by atoms with Gasteiger partial charge in [-0.15, -0.1) is 0 Å². The average Bonchev–Trinajstić information content (AvgIpc) is 2.90. The van der Waals surface area contributed by atoms with E-state index in [2.05, 4.69) is 15.2 Å². The van der Waals surface area contributed by atoms with Gasteiger partial charge in [0.1, 0.15) is 11.5 Å². The number of benzene rings is 2. The summed E-state index contributed by atoms with van der Waals surface area (Å²) in [6.45, 7) is 0. The predicted molar refractivity (Wildman–Crippen MR) is 70.6 cm³/mol. The van der Waals surface area contributed by atoms with Gasteiger partial charge in [0.15, 0.2) is 11.6 Å². The van der Waals surface area contributed by atoms with Gasteiger partial charge in [-0.3, -0.25) is 5.10 Å². The standard InChI is InChI=1S/C14H11N3O2/c18-11-5-1-9(2-6-11)13-15-14(17-16-13)10-3-7-12(19)8-4-10/h1-8,18-19H,(H,15,16,17). The molecule has 19 heavy (non-hydrogen) atoms. The molecule has 3 N–H and O–H groups in total. The molecule has 0 bridgehead atoms. The van der Waals surface area contributed by atoms with E-state index in [0.717, 1.165) is 11.1 Å². The predicted octanol–water partition coefficient (Wildman–Crippen LogP) is 2.55. The Kier molecular flexibility index (Phi) is 2.64. The third-order valence-corrected chi connectivity index (χ3v) is 2.75. The van der Waals surface area contributed by atoms with Gasteiger partial charge in [-0.1, -0.05) is 0 Å². The molecule has 0 fully saturated rings. The summed E-state index contributed by atoms with van der Waals surface area (Å²) >= 11 is 0. The zero-order valence-corrected chi connectivity index (χ0v) is 9.91. The maximum absolute atomic E-state index is 9.24. The van der Waals surface area contributed by atoms with Crippen molar-refractivity contribution in [2.24, 2.45) is 0 Å². The molecular weight excluding hydrogens is 242 g/mol. The largest absolute Gasteiger partial charge is 0.508 e. The molecular formula is C14H11N3O2. The summed E-state index contributed by atoms with van der Waals surface area (Å²) in [5.74, 6) is 1.60. The van der Waals surface area contributed by atoms with E-state index in [-0.39, 0.29) is 11.5 Å². The number of nitrogens with zero attached hydrogens (tertiary/aromatic N) is 2. The summed E-state index contributed by atoms with van der Waals surface area (Å²) < 4.78 is 0. The second-order valence-electron chi connectivity index (χ2n) is 4.10. The topological polar surface area (TPSA) is 82.0 Å². The van der Waals surface area contributed by atoms with E-state index in [9.17, 15) is 10.2 Å². The maximum atomic E-state index is 9.24. The van der Waals surface area contributed by atoms with Gasteiger partial charge in [0.2, 0.25) is 0 Å². The first-order valence-corrected chi connectivity index (χ1v) is 5.73. The fourth-order valence-electron chi connectivity index (χ4n) is 1.75. The second kappa shape index (κ2) is 4.45. The number of rotatable bonds is 2. The van der Waals surface area contributed by atoms with Crippen LogP contribution >= 0.6 is 0 Å². The molecule has 0 unspecified atom stereocenters. The quantitative estimate of drug-likeness (QED) is 0.655. The molecule has 2 aromatic carbocycles. The normalized spacial score (nSPS) is 10.5. The van der Waals surface area contributed by atoms with Crippen molar-refractivity contribution in [2.45, 2.75) is 0 Å². The first-order valence-electron chi connectivity index (χ1n) is 5.73. The fraction of sp³-hybridized carbons (Fsp3) is 0. The number of phenols is 2. The van der Waals surface area contributed by atoms with Gasteiger partial charge in [-0.25, -0.2) is 4.98 Å². The molecule has 5 nitrogen and oxygen atoms in total. The van der Waals surface area contributed by atoms with Gasteiger partial charge in [-0.2, -0.15) is 5.10 Å². The van der Waals surface area contributed by atoms with Crippen LogP contribution < -0.4 is 0 Å². The molecule has 0 saturated carbocycles. The summed E-state index contributed by atoms with van der Waals surface area (Å²) in [6, 6.07) is 13.4. The van der Waals surface area contributed by atoms with Crippen molar-refractivity contribution < 1.29 is 10.2 Å². The monoisotopic (exact) mass is 253 g/mol. The zero-order chi connectivity index (χ0) is 13.2. The SMILES string of the molecule is Oc1ccc(-c2n[nH]c(-c3ccc(O)cc3)n2)cc1. The highest BCUT2D eigenvalue weighted by atomic mass is 16.3. The molecule has 5 heteroatoms. The van der Waals surface area contributed by atoms with E-state index >= 15 is 0 Å². The number of hydrogen-bond donors (Lipinski definition) is 3. The number of hydrogen-bond acceptors (Lipinski definition) is 4. The smallest absolute Gasteiger partial charge is 0.181 e. The van der Waals surface area contributed by atoms with Crippen LogP contribution in [0.3, 0.4) is 0 Å². The van der Waals surface area contributed by atoms with E-state index < -0.39 is 0 Å². The molecule has 3 aromatic rings. The Morgan fingerprint density at radius 2 is 1.26 bits per heavy atom. The van der Waals surface area contributed by atoms with Gasteiger partial charge >= 0.3 is 0 Å². The van der Waals surface area contributed by atoms with Crippen molar-refractivity contribution in [1.29, 1.82) is 0 Å². The lowest BCUT2D eigenvalue weighted by atomic mass is 10.2. The molecule has 1 aromatic heterocycles. The molecule has 0 atom stereocenters. The van der Waals surface area contributed by atoms with E-state index in [1.807, 2.05) is 0 Å². The van der Waals surface area contributed by atoms with E-state index in [0.29, 0.717) is 11.6 Å². The van der Waals surface area contributed by atoms with Gasteiger partial charge in [0.25, 0.3) is 0 Å². The lowest BCUT2D eigenvalue weighted by Gasteiger charge is -1.96. The van der Waals surface area contributed by atoms with E-state index in [1.54, 1.807) is 48.5 Å². The summed E-state index contributed by atoms with van der Waals surface area (Å²) in [5, 5.41) is 25.5. The molecule has 94 valence electrons. The minimum absolute atomic E-state index is 0.207. The van der Waals surface area contributed by atoms with Crippen molar-refractivity contribution in [3.63, 3.8) is 0 Å². The molecule has 0 radical (unpaired) electrons. The molecule has 0 saturated heterocycles. The Labute approximate surface area is 109 Å². The Hall–Kier alpha value is -2.82. The van der Waals surface area contributed by atoms with Crippen LogP contribution in [0, 0.1) is 0 Å². The third-order valence-electron chi connectivity index (χ3n) is 2.75. The van der Waals surface area contributed by atoms with Crippen LogP contribution in [0.1, 0.15) is 0 Å². The van der Waals surface area contributed by atoms with Crippen molar-refractivity contribution in [3.8, 4) is 34.3 Å².